The lowest BCUT2D eigenvalue weighted by Crippen LogP contribution is -2.23. The van der Waals surface area contributed by atoms with Gasteiger partial charge in [0.15, 0.2) is 0 Å². The first-order valence-electron chi connectivity index (χ1n) is 7.84. The standard InChI is InChI=1S/C18H21N5.2ClH/c1-23(13-10-14-6-4-5-12-20-14)18-15-7-2-3-8-16(15)21-17(22-18)9-11-19;;/h2-8,12H,9-11,13,19H2,1H3;2*1H. The summed E-state index contributed by atoms with van der Waals surface area (Å²) in [7, 11) is 2.06. The first-order valence-corrected chi connectivity index (χ1v) is 7.84. The molecule has 2 N–H and O–H groups in total. The molecule has 0 bridgehead atoms. The first kappa shape index (κ1) is 21.1. The van der Waals surface area contributed by atoms with Crippen LogP contribution in [0.4, 0.5) is 5.82 Å². The van der Waals surface area contributed by atoms with Gasteiger partial charge < -0.3 is 10.6 Å². The highest BCUT2D eigenvalue weighted by molar-refractivity contribution is 5.89. The Morgan fingerprint density at radius 1 is 0.960 bits per heavy atom. The van der Waals surface area contributed by atoms with Gasteiger partial charge in [0.2, 0.25) is 0 Å². The van der Waals surface area contributed by atoms with Crippen molar-refractivity contribution in [3.63, 3.8) is 0 Å². The fraction of sp³-hybridized carbons (Fsp3) is 0.278. The van der Waals surface area contributed by atoms with Crippen LogP contribution in [0.25, 0.3) is 10.9 Å². The van der Waals surface area contributed by atoms with Crippen LogP contribution in [-0.2, 0) is 12.8 Å². The van der Waals surface area contributed by atoms with E-state index < -0.39 is 0 Å². The van der Waals surface area contributed by atoms with Gasteiger partial charge >= 0.3 is 0 Å². The van der Waals surface area contributed by atoms with Gasteiger partial charge in [-0.25, -0.2) is 9.97 Å². The number of halogens is 2. The minimum absolute atomic E-state index is 0. The fourth-order valence-electron chi connectivity index (χ4n) is 2.57. The van der Waals surface area contributed by atoms with Crippen molar-refractivity contribution >= 4 is 41.5 Å². The number of nitrogens with two attached hydrogens (primary N) is 1. The maximum absolute atomic E-state index is 5.66. The topological polar surface area (TPSA) is 67.9 Å². The van der Waals surface area contributed by atoms with Crippen molar-refractivity contribution < 1.29 is 0 Å². The van der Waals surface area contributed by atoms with Crippen molar-refractivity contribution in [1.29, 1.82) is 0 Å². The van der Waals surface area contributed by atoms with Crippen LogP contribution in [0.1, 0.15) is 11.5 Å². The molecular weight excluding hydrogens is 357 g/mol. The molecule has 0 amide bonds. The van der Waals surface area contributed by atoms with E-state index in [1.807, 2.05) is 42.6 Å². The van der Waals surface area contributed by atoms with Crippen LogP contribution in [-0.4, -0.2) is 35.1 Å². The number of benzene rings is 1. The Balaban J connectivity index is 0.00000156. The lowest BCUT2D eigenvalue weighted by atomic mass is 10.2. The van der Waals surface area contributed by atoms with E-state index in [1.54, 1.807) is 0 Å². The molecule has 3 rings (SSSR count). The van der Waals surface area contributed by atoms with E-state index in [4.69, 9.17) is 10.7 Å². The highest BCUT2D eigenvalue weighted by atomic mass is 35.5. The third kappa shape index (κ3) is 5.26. The largest absolute Gasteiger partial charge is 0.359 e. The number of hydrogen-bond donors (Lipinski definition) is 1. The van der Waals surface area contributed by atoms with E-state index in [9.17, 15) is 0 Å². The van der Waals surface area contributed by atoms with Gasteiger partial charge in [0.1, 0.15) is 11.6 Å². The van der Waals surface area contributed by atoms with Crippen LogP contribution in [0.3, 0.4) is 0 Å². The number of nitrogens with zero attached hydrogens (tertiary/aromatic N) is 4. The summed E-state index contributed by atoms with van der Waals surface area (Å²) >= 11 is 0. The highest BCUT2D eigenvalue weighted by Gasteiger charge is 2.11. The van der Waals surface area contributed by atoms with E-state index in [-0.39, 0.29) is 24.8 Å². The second kappa shape index (κ2) is 10.1. The average molecular weight is 380 g/mol. The minimum Gasteiger partial charge on any atom is -0.359 e. The third-order valence-corrected chi connectivity index (χ3v) is 3.79. The number of rotatable bonds is 6. The van der Waals surface area contributed by atoms with E-state index >= 15 is 0 Å². The number of pyridine rings is 1. The van der Waals surface area contributed by atoms with Gasteiger partial charge in [-0.3, -0.25) is 4.98 Å². The molecular formula is C18H23Cl2N5. The first-order chi connectivity index (χ1) is 11.3. The highest BCUT2D eigenvalue weighted by Crippen LogP contribution is 2.23. The molecule has 7 heteroatoms. The number of fused-ring (bicyclic) bond motifs is 1. The van der Waals surface area contributed by atoms with E-state index in [1.165, 1.54) is 0 Å². The molecule has 0 unspecified atom stereocenters. The predicted molar refractivity (Wildman–Crippen MR) is 108 cm³/mol. The molecule has 0 aliphatic heterocycles. The van der Waals surface area contributed by atoms with Crippen molar-refractivity contribution in [2.45, 2.75) is 12.8 Å². The molecule has 0 atom stereocenters. The van der Waals surface area contributed by atoms with Gasteiger partial charge in [0, 0.05) is 43.7 Å². The number of anilines is 1. The molecule has 0 saturated carbocycles. The lowest BCUT2D eigenvalue weighted by molar-refractivity contribution is 0.820. The molecule has 25 heavy (non-hydrogen) atoms. The van der Waals surface area contributed by atoms with Gasteiger partial charge in [0.25, 0.3) is 0 Å². The molecule has 3 aromatic rings. The van der Waals surface area contributed by atoms with Crippen molar-refractivity contribution in [3.05, 3.63) is 60.2 Å². The molecule has 0 radical (unpaired) electrons. The van der Waals surface area contributed by atoms with Crippen molar-refractivity contribution in [2.75, 3.05) is 25.0 Å². The van der Waals surface area contributed by atoms with Crippen LogP contribution in [0.15, 0.2) is 48.7 Å². The number of aromatic nitrogens is 3. The smallest absolute Gasteiger partial charge is 0.139 e. The molecule has 0 saturated heterocycles. The predicted octanol–water partition coefficient (Wildman–Crippen LogP) is 3.05. The van der Waals surface area contributed by atoms with Crippen LogP contribution in [0.5, 0.6) is 0 Å². The van der Waals surface area contributed by atoms with Crippen molar-refractivity contribution in [3.8, 4) is 0 Å². The van der Waals surface area contributed by atoms with E-state index in [2.05, 4.69) is 28.0 Å². The van der Waals surface area contributed by atoms with Gasteiger partial charge in [-0.05, 0) is 30.8 Å². The zero-order valence-corrected chi connectivity index (χ0v) is 15.8. The van der Waals surface area contributed by atoms with Crippen molar-refractivity contribution in [1.82, 2.24) is 15.0 Å². The van der Waals surface area contributed by atoms with Gasteiger partial charge in [-0.1, -0.05) is 18.2 Å². The molecule has 0 aliphatic carbocycles. The average Bonchev–Trinajstić information content (AvgIpc) is 2.60. The maximum Gasteiger partial charge on any atom is 0.139 e. The van der Waals surface area contributed by atoms with Crippen LogP contribution < -0.4 is 10.6 Å². The summed E-state index contributed by atoms with van der Waals surface area (Å²) in [6.45, 7) is 1.40. The molecule has 1 aromatic carbocycles. The van der Waals surface area contributed by atoms with Gasteiger partial charge in [-0.2, -0.15) is 0 Å². The quantitative estimate of drug-likeness (QED) is 0.712. The molecule has 134 valence electrons. The second-order valence-electron chi connectivity index (χ2n) is 5.51. The summed E-state index contributed by atoms with van der Waals surface area (Å²) in [5.74, 6) is 1.75. The Morgan fingerprint density at radius 3 is 2.44 bits per heavy atom. The molecule has 0 fully saturated rings. The number of para-hydroxylation sites is 1. The second-order valence-corrected chi connectivity index (χ2v) is 5.51. The summed E-state index contributed by atoms with van der Waals surface area (Å²) in [6.07, 6.45) is 3.39. The Kier molecular flexibility index (Phi) is 8.55. The van der Waals surface area contributed by atoms with Crippen LogP contribution in [0.2, 0.25) is 0 Å². The molecule has 2 aromatic heterocycles. The minimum atomic E-state index is 0. The van der Waals surface area contributed by atoms with Gasteiger partial charge in [-0.15, -0.1) is 24.8 Å². The fourth-order valence-corrected chi connectivity index (χ4v) is 2.57. The van der Waals surface area contributed by atoms with Crippen molar-refractivity contribution in [2.24, 2.45) is 5.73 Å². The third-order valence-electron chi connectivity index (χ3n) is 3.79. The van der Waals surface area contributed by atoms with Gasteiger partial charge in [0.05, 0.1) is 5.52 Å². The lowest BCUT2D eigenvalue weighted by Gasteiger charge is -2.20. The summed E-state index contributed by atoms with van der Waals surface area (Å²) in [4.78, 5) is 15.9. The monoisotopic (exact) mass is 379 g/mol. The zero-order valence-electron chi connectivity index (χ0n) is 14.1. The summed E-state index contributed by atoms with van der Waals surface area (Å²) < 4.78 is 0. The Labute approximate surface area is 160 Å². The maximum atomic E-state index is 5.66. The van der Waals surface area contributed by atoms with Crippen LogP contribution >= 0.6 is 24.8 Å². The summed E-state index contributed by atoms with van der Waals surface area (Å²) in [6, 6.07) is 14.1. The Hall–Kier alpha value is -1.95. The Bertz CT molecular complexity index is 783. The van der Waals surface area contributed by atoms with E-state index in [0.29, 0.717) is 13.0 Å². The van der Waals surface area contributed by atoms with Crippen LogP contribution in [0, 0.1) is 0 Å². The molecule has 0 aliphatic rings. The number of likely N-dealkylation sites (N-methyl/N-ethyl adjacent to an activating group) is 1. The Morgan fingerprint density at radius 2 is 1.72 bits per heavy atom. The SMILES string of the molecule is CN(CCc1ccccn1)c1nc(CCN)nc2ccccc12.Cl.Cl. The normalized spacial score (nSPS) is 10.0. The molecule has 0 spiro atoms. The summed E-state index contributed by atoms with van der Waals surface area (Å²) in [5.41, 5.74) is 7.71. The molecule has 2 heterocycles. The van der Waals surface area contributed by atoms with E-state index in [0.717, 1.165) is 41.2 Å². The number of hydrogen-bond acceptors (Lipinski definition) is 5. The molecule has 5 nitrogen and oxygen atoms in total. The summed E-state index contributed by atoms with van der Waals surface area (Å²) in [5, 5.41) is 1.07. The zero-order chi connectivity index (χ0) is 16.1.